The van der Waals surface area contributed by atoms with Crippen LogP contribution >= 0.6 is 15.9 Å². The maximum atomic E-state index is 11.4. The molecule has 0 radical (unpaired) electrons. The Balaban J connectivity index is 2.35. The zero-order chi connectivity index (χ0) is 12.6. The fourth-order valence-electron chi connectivity index (χ4n) is 1.51. The summed E-state index contributed by atoms with van der Waals surface area (Å²) in [6.45, 7) is 1.68. The third-order valence-corrected chi connectivity index (χ3v) is 3.08. The van der Waals surface area contributed by atoms with Gasteiger partial charge in [0.05, 0.1) is 5.69 Å². The van der Waals surface area contributed by atoms with Gasteiger partial charge in [0.25, 0.3) is 10.7 Å². The number of carbonyl (C=O) groups excluding carboxylic acids is 2. The van der Waals surface area contributed by atoms with E-state index in [4.69, 9.17) is 4.74 Å². The molecule has 0 saturated heterocycles. The van der Waals surface area contributed by atoms with Gasteiger partial charge in [-0.25, -0.2) is 0 Å². The largest absolute Gasteiger partial charge is 0.479 e. The van der Waals surface area contributed by atoms with Crippen molar-refractivity contribution in [3.63, 3.8) is 0 Å². The highest BCUT2D eigenvalue weighted by atomic mass is 79.9. The molecule has 0 bridgehead atoms. The topological polar surface area (TPSA) is 58.6 Å². The van der Waals surface area contributed by atoms with Gasteiger partial charge in [0, 0.05) is 28.7 Å². The molecule has 90 valence electrons. The van der Waals surface area contributed by atoms with Crippen LogP contribution in [-0.4, -0.2) is 23.9 Å². The molecule has 0 fully saturated rings. The van der Waals surface area contributed by atoms with Gasteiger partial charge in [0.1, 0.15) is 5.75 Å². The summed E-state index contributed by atoms with van der Waals surface area (Å²) < 4.78 is 5.41. The van der Waals surface area contributed by atoms with Gasteiger partial charge in [0.2, 0.25) is 0 Å². The molecular formula is C11H11BrN2O3. The SMILES string of the molecule is CC1Oc2ccc(N(C)C(=O)Br)cc2NC1=O. The minimum atomic E-state index is -0.496. The van der Waals surface area contributed by atoms with Crippen molar-refractivity contribution in [1.82, 2.24) is 0 Å². The lowest BCUT2D eigenvalue weighted by Crippen LogP contribution is -2.34. The lowest BCUT2D eigenvalue weighted by atomic mass is 10.2. The molecule has 0 spiro atoms. The summed E-state index contributed by atoms with van der Waals surface area (Å²) in [4.78, 5) is 23.8. The molecule has 1 heterocycles. The summed E-state index contributed by atoms with van der Waals surface area (Å²) in [6.07, 6.45) is -0.496. The summed E-state index contributed by atoms with van der Waals surface area (Å²) in [5.74, 6) is 0.416. The monoisotopic (exact) mass is 298 g/mol. The average Bonchev–Trinajstić information content (AvgIpc) is 2.29. The van der Waals surface area contributed by atoms with E-state index in [-0.39, 0.29) is 10.7 Å². The Morgan fingerprint density at radius 2 is 2.24 bits per heavy atom. The number of amides is 2. The smallest absolute Gasteiger partial charge is 0.293 e. The first-order chi connectivity index (χ1) is 7.99. The molecule has 1 aliphatic rings. The van der Waals surface area contributed by atoms with Crippen LogP contribution in [-0.2, 0) is 4.79 Å². The van der Waals surface area contributed by atoms with Crippen LogP contribution in [0.2, 0.25) is 0 Å². The third-order valence-electron chi connectivity index (χ3n) is 2.54. The number of fused-ring (bicyclic) bond motifs is 1. The van der Waals surface area contributed by atoms with Crippen molar-refractivity contribution < 1.29 is 14.3 Å². The summed E-state index contributed by atoms with van der Waals surface area (Å²) >= 11 is 2.86. The number of anilines is 2. The number of hydrogen-bond acceptors (Lipinski definition) is 3. The Hall–Kier alpha value is -1.56. The van der Waals surface area contributed by atoms with Gasteiger partial charge < -0.3 is 15.0 Å². The van der Waals surface area contributed by atoms with E-state index in [9.17, 15) is 9.59 Å². The van der Waals surface area contributed by atoms with Crippen LogP contribution in [0.4, 0.5) is 16.2 Å². The predicted molar refractivity (Wildman–Crippen MR) is 67.9 cm³/mol. The Morgan fingerprint density at radius 1 is 1.53 bits per heavy atom. The first-order valence-electron chi connectivity index (χ1n) is 5.04. The van der Waals surface area contributed by atoms with Gasteiger partial charge in [-0.3, -0.25) is 9.59 Å². The minimum absolute atomic E-state index is 0.192. The van der Waals surface area contributed by atoms with Crippen molar-refractivity contribution in [2.75, 3.05) is 17.3 Å². The number of benzene rings is 1. The van der Waals surface area contributed by atoms with Crippen molar-refractivity contribution >= 4 is 38.0 Å². The van der Waals surface area contributed by atoms with Crippen LogP contribution in [0, 0.1) is 0 Å². The molecular weight excluding hydrogens is 288 g/mol. The second-order valence-corrected chi connectivity index (χ2v) is 4.42. The molecule has 2 amide bonds. The maximum Gasteiger partial charge on any atom is 0.293 e. The number of hydrogen-bond donors (Lipinski definition) is 1. The summed E-state index contributed by atoms with van der Waals surface area (Å²) in [6, 6.07) is 5.17. The molecule has 0 aromatic heterocycles. The van der Waals surface area contributed by atoms with Gasteiger partial charge in [-0.1, -0.05) is 0 Å². The second kappa shape index (κ2) is 4.37. The molecule has 0 aliphatic carbocycles. The Bertz CT molecular complexity index is 490. The standard InChI is InChI=1S/C11H11BrN2O3/c1-6-10(15)13-8-5-7(14(2)11(12)16)3-4-9(8)17-6/h3-6H,1-2H3,(H,13,15). The number of ether oxygens (including phenoxy) is 1. The first kappa shape index (κ1) is 11.9. The normalized spacial score (nSPS) is 17.8. The van der Waals surface area contributed by atoms with E-state index < -0.39 is 6.10 Å². The molecule has 1 aliphatic heterocycles. The van der Waals surface area contributed by atoms with Gasteiger partial charge in [0.15, 0.2) is 6.10 Å². The lowest BCUT2D eigenvalue weighted by Gasteiger charge is -2.24. The van der Waals surface area contributed by atoms with Crippen molar-refractivity contribution in [3.05, 3.63) is 18.2 Å². The highest BCUT2D eigenvalue weighted by Gasteiger charge is 2.24. The zero-order valence-corrected chi connectivity index (χ0v) is 10.9. The van der Waals surface area contributed by atoms with Crippen LogP contribution in [0.1, 0.15) is 6.92 Å². The Kier molecular flexibility index (Phi) is 3.06. The van der Waals surface area contributed by atoms with E-state index in [1.165, 1.54) is 4.90 Å². The summed E-state index contributed by atoms with van der Waals surface area (Å²) in [5, 5.41) is 2.73. The van der Waals surface area contributed by atoms with E-state index in [2.05, 4.69) is 21.2 Å². The van der Waals surface area contributed by atoms with Crippen LogP contribution in [0.3, 0.4) is 0 Å². The van der Waals surface area contributed by atoms with Gasteiger partial charge in [-0.2, -0.15) is 0 Å². The molecule has 1 N–H and O–H groups in total. The fourth-order valence-corrected chi connectivity index (χ4v) is 1.71. The molecule has 1 aromatic rings. The summed E-state index contributed by atoms with van der Waals surface area (Å²) in [7, 11) is 1.63. The Morgan fingerprint density at radius 3 is 2.88 bits per heavy atom. The molecule has 1 aromatic carbocycles. The minimum Gasteiger partial charge on any atom is -0.479 e. The van der Waals surface area contributed by atoms with E-state index in [1.54, 1.807) is 32.2 Å². The fraction of sp³-hybridized carbons (Fsp3) is 0.273. The van der Waals surface area contributed by atoms with Crippen LogP contribution in [0.15, 0.2) is 18.2 Å². The van der Waals surface area contributed by atoms with Crippen LogP contribution in [0.5, 0.6) is 5.75 Å². The molecule has 17 heavy (non-hydrogen) atoms. The number of halogens is 1. The first-order valence-corrected chi connectivity index (χ1v) is 5.83. The van der Waals surface area contributed by atoms with Crippen LogP contribution in [0.25, 0.3) is 0 Å². The average molecular weight is 299 g/mol. The number of rotatable bonds is 1. The quantitative estimate of drug-likeness (QED) is 0.639. The number of nitrogens with one attached hydrogen (secondary N) is 1. The number of nitrogens with zero attached hydrogens (tertiary/aromatic N) is 1. The lowest BCUT2D eigenvalue weighted by molar-refractivity contribution is -0.122. The molecule has 0 saturated carbocycles. The van der Waals surface area contributed by atoms with Gasteiger partial charge in [-0.05, 0) is 25.1 Å². The molecule has 5 nitrogen and oxygen atoms in total. The molecule has 6 heteroatoms. The third kappa shape index (κ3) is 2.26. The second-order valence-electron chi connectivity index (χ2n) is 3.74. The highest BCUT2D eigenvalue weighted by Crippen LogP contribution is 2.33. The zero-order valence-electron chi connectivity index (χ0n) is 9.36. The van der Waals surface area contributed by atoms with Crippen LogP contribution < -0.4 is 15.0 Å². The van der Waals surface area contributed by atoms with Crippen molar-refractivity contribution in [2.24, 2.45) is 0 Å². The van der Waals surface area contributed by atoms with Crippen molar-refractivity contribution in [1.29, 1.82) is 0 Å². The van der Waals surface area contributed by atoms with E-state index in [1.807, 2.05) is 0 Å². The van der Waals surface area contributed by atoms with E-state index in [0.29, 0.717) is 17.1 Å². The van der Waals surface area contributed by atoms with E-state index >= 15 is 0 Å². The van der Waals surface area contributed by atoms with Crippen molar-refractivity contribution in [2.45, 2.75) is 13.0 Å². The van der Waals surface area contributed by atoms with E-state index in [0.717, 1.165) is 0 Å². The molecule has 2 rings (SSSR count). The van der Waals surface area contributed by atoms with Crippen molar-refractivity contribution in [3.8, 4) is 5.75 Å². The highest BCUT2D eigenvalue weighted by molar-refractivity contribution is 9.18. The molecule has 1 unspecified atom stereocenters. The van der Waals surface area contributed by atoms with Gasteiger partial charge in [-0.15, -0.1) is 0 Å². The molecule has 1 atom stereocenters. The Labute approximate surface area is 107 Å². The maximum absolute atomic E-state index is 11.4. The summed E-state index contributed by atoms with van der Waals surface area (Å²) in [5.41, 5.74) is 1.25. The predicted octanol–water partition coefficient (Wildman–Crippen LogP) is 2.36. The number of carbonyl (C=O) groups is 2. The van der Waals surface area contributed by atoms with Gasteiger partial charge >= 0.3 is 0 Å².